The Morgan fingerprint density at radius 2 is 2.38 bits per heavy atom. The topological polar surface area (TPSA) is 57.0 Å². The Balaban J connectivity index is 3.01. The maximum atomic E-state index is 13.3. The van der Waals surface area contributed by atoms with Gasteiger partial charge in [-0.3, -0.25) is 9.78 Å². The van der Waals surface area contributed by atoms with Gasteiger partial charge in [0.15, 0.2) is 5.82 Å². The number of nitriles is 1. The van der Waals surface area contributed by atoms with Crippen LogP contribution in [0.3, 0.4) is 0 Å². The van der Waals surface area contributed by atoms with E-state index in [4.69, 9.17) is 5.26 Å². The van der Waals surface area contributed by atoms with Crippen molar-refractivity contribution < 1.29 is 9.18 Å². The Kier molecular flexibility index (Phi) is 3.95. The minimum absolute atomic E-state index is 0.0565. The van der Waals surface area contributed by atoms with E-state index < -0.39 is 11.7 Å². The molecule has 0 unspecified atom stereocenters. The highest BCUT2D eigenvalue weighted by molar-refractivity contribution is 5.94. The summed E-state index contributed by atoms with van der Waals surface area (Å²) in [5.41, 5.74) is -0.0565. The normalized spacial score (nSPS) is 9.94. The van der Waals surface area contributed by atoms with Gasteiger partial charge in [0, 0.05) is 12.2 Å². The molecular weight excluding hydrogens is 209 g/mol. The number of hydrogen-bond acceptors (Lipinski definition) is 3. The molecule has 1 aromatic heterocycles. The number of rotatable bonds is 3. The van der Waals surface area contributed by atoms with E-state index in [0.29, 0.717) is 0 Å². The van der Waals surface area contributed by atoms with Crippen LogP contribution in [0.4, 0.5) is 4.39 Å². The van der Waals surface area contributed by atoms with Crippen LogP contribution in [0.15, 0.2) is 18.5 Å². The van der Waals surface area contributed by atoms with Crippen molar-refractivity contribution in [1.82, 2.24) is 9.88 Å². The number of halogens is 1. The highest BCUT2D eigenvalue weighted by atomic mass is 19.1. The van der Waals surface area contributed by atoms with Gasteiger partial charge in [0.1, 0.15) is 6.54 Å². The predicted octanol–water partition coefficient (Wildman–Crippen LogP) is 1.59. The molecule has 0 atom stereocenters. The molecule has 0 fully saturated rings. The van der Waals surface area contributed by atoms with Gasteiger partial charge in [-0.25, -0.2) is 4.39 Å². The molecule has 0 aliphatic rings. The number of carbonyl (C=O) groups excluding carboxylic acids is 1. The summed E-state index contributed by atoms with van der Waals surface area (Å²) in [5, 5.41) is 8.60. The van der Waals surface area contributed by atoms with E-state index in [2.05, 4.69) is 4.98 Å². The summed E-state index contributed by atoms with van der Waals surface area (Å²) in [4.78, 5) is 16.8. The average molecular weight is 221 g/mol. The van der Waals surface area contributed by atoms with Gasteiger partial charge in [-0.1, -0.05) is 0 Å². The van der Waals surface area contributed by atoms with Crippen LogP contribution in [0.25, 0.3) is 0 Å². The van der Waals surface area contributed by atoms with Crippen molar-refractivity contribution >= 4 is 5.91 Å². The molecule has 0 saturated carbocycles. The number of amides is 1. The zero-order valence-electron chi connectivity index (χ0n) is 9.14. The minimum atomic E-state index is -0.670. The first-order valence-electron chi connectivity index (χ1n) is 4.85. The zero-order chi connectivity index (χ0) is 12.1. The van der Waals surface area contributed by atoms with Crippen LogP contribution < -0.4 is 0 Å². The average Bonchev–Trinajstić information content (AvgIpc) is 2.25. The summed E-state index contributed by atoms with van der Waals surface area (Å²) in [6.07, 6.45) is 2.33. The van der Waals surface area contributed by atoms with Gasteiger partial charge < -0.3 is 4.90 Å². The number of aromatic nitrogens is 1. The van der Waals surface area contributed by atoms with Gasteiger partial charge in [-0.15, -0.1) is 0 Å². The molecule has 5 heteroatoms. The molecule has 1 heterocycles. The lowest BCUT2D eigenvalue weighted by Gasteiger charge is -2.23. The fourth-order valence-electron chi connectivity index (χ4n) is 1.27. The summed E-state index contributed by atoms with van der Waals surface area (Å²) in [7, 11) is 0. The van der Waals surface area contributed by atoms with Crippen molar-refractivity contribution in [1.29, 1.82) is 5.26 Å². The second-order valence-electron chi connectivity index (χ2n) is 3.54. The molecule has 4 nitrogen and oxygen atoms in total. The van der Waals surface area contributed by atoms with Crippen LogP contribution in [-0.2, 0) is 0 Å². The number of carbonyl (C=O) groups is 1. The van der Waals surface area contributed by atoms with Gasteiger partial charge in [0.2, 0.25) is 0 Å². The van der Waals surface area contributed by atoms with Gasteiger partial charge in [0.25, 0.3) is 5.91 Å². The lowest BCUT2D eigenvalue weighted by Crippen LogP contribution is -2.37. The molecule has 0 N–H and O–H groups in total. The molecule has 16 heavy (non-hydrogen) atoms. The molecule has 0 aliphatic carbocycles. The third kappa shape index (κ3) is 2.54. The van der Waals surface area contributed by atoms with Crippen LogP contribution in [0, 0.1) is 17.1 Å². The smallest absolute Gasteiger partial charge is 0.258 e. The first kappa shape index (κ1) is 12.1. The van der Waals surface area contributed by atoms with E-state index in [1.165, 1.54) is 17.2 Å². The van der Waals surface area contributed by atoms with Crippen LogP contribution in [0.5, 0.6) is 0 Å². The quantitative estimate of drug-likeness (QED) is 0.728. The summed E-state index contributed by atoms with van der Waals surface area (Å²) in [6.45, 7) is 3.49. The molecule has 1 rings (SSSR count). The summed E-state index contributed by atoms with van der Waals surface area (Å²) in [6, 6.07) is 3.04. The summed E-state index contributed by atoms with van der Waals surface area (Å²) >= 11 is 0. The molecule has 0 radical (unpaired) electrons. The summed E-state index contributed by atoms with van der Waals surface area (Å²) < 4.78 is 13.3. The Morgan fingerprint density at radius 1 is 1.69 bits per heavy atom. The lowest BCUT2D eigenvalue weighted by atomic mass is 10.2. The standard InChI is InChI=1S/C11H12FN3O/c1-8(2)15(6-4-13)11(16)9-3-5-14-7-10(9)12/h3,5,7-8H,6H2,1-2H3. The zero-order valence-corrected chi connectivity index (χ0v) is 9.14. The van der Waals surface area contributed by atoms with Crippen LogP contribution in [-0.4, -0.2) is 28.4 Å². The maximum Gasteiger partial charge on any atom is 0.258 e. The predicted molar refractivity (Wildman–Crippen MR) is 56.0 cm³/mol. The van der Waals surface area contributed by atoms with E-state index in [9.17, 15) is 9.18 Å². The molecule has 0 aliphatic heterocycles. The third-order valence-corrected chi connectivity index (χ3v) is 2.13. The number of pyridine rings is 1. The molecule has 0 saturated heterocycles. The molecule has 1 amide bonds. The van der Waals surface area contributed by atoms with E-state index in [-0.39, 0.29) is 18.2 Å². The number of nitrogens with zero attached hydrogens (tertiary/aromatic N) is 3. The van der Waals surface area contributed by atoms with Crippen molar-refractivity contribution in [3.63, 3.8) is 0 Å². The van der Waals surface area contributed by atoms with Crippen molar-refractivity contribution in [2.75, 3.05) is 6.54 Å². The summed E-state index contributed by atoms with van der Waals surface area (Å²) in [5.74, 6) is -1.16. The largest absolute Gasteiger partial charge is 0.323 e. The fraction of sp³-hybridized carbons (Fsp3) is 0.364. The van der Waals surface area contributed by atoms with Crippen molar-refractivity contribution in [2.24, 2.45) is 0 Å². The Hall–Kier alpha value is -1.96. The molecule has 84 valence electrons. The SMILES string of the molecule is CC(C)N(CC#N)C(=O)c1ccncc1F. The molecule has 0 spiro atoms. The van der Waals surface area contributed by atoms with Crippen LogP contribution >= 0.6 is 0 Å². The van der Waals surface area contributed by atoms with E-state index >= 15 is 0 Å². The maximum absolute atomic E-state index is 13.3. The lowest BCUT2D eigenvalue weighted by molar-refractivity contribution is 0.0726. The monoisotopic (exact) mass is 221 g/mol. The van der Waals surface area contributed by atoms with Crippen molar-refractivity contribution in [2.45, 2.75) is 19.9 Å². The first-order valence-corrected chi connectivity index (χ1v) is 4.85. The van der Waals surface area contributed by atoms with Crippen LogP contribution in [0.2, 0.25) is 0 Å². The minimum Gasteiger partial charge on any atom is -0.323 e. The number of hydrogen-bond donors (Lipinski definition) is 0. The first-order chi connectivity index (χ1) is 7.57. The second kappa shape index (κ2) is 5.21. The fourth-order valence-corrected chi connectivity index (χ4v) is 1.27. The Labute approximate surface area is 93.3 Å². The van der Waals surface area contributed by atoms with E-state index in [1.54, 1.807) is 13.8 Å². The Bertz CT molecular complexity index is 425. The molecule has 1 aromatic rings. The molecular formula is C11H12FN3O. The third-order valence-electron chi connectivity index (χ3n) is 2.13. The highest BCUT2D eigenvalue weighted by Crippen LogP contribution is 2.10. The van der Waals surface area contributed by atoms with Crippen molar-refractivity contribution in [3.8, 4) is 6.07 Å². The Morgan fingerprint density at radius 3 is 2.88 bits per heavy atom. The second-order valence-corrected chi connectivity index (χ2v) is 3.54. The highest BCUT2D eigenvalue weighted by Gasteiger charge is 2.21. The van der Waals surface area contributed by atoms with E-state index in [1.807, 2.05) is 6.07 Å². The van der Waals surface area contributed by atoms with Gasteiger partial charge in [-0.05, 0) is 19.9 Å². The van der Waals surface area contributed by atoms with Crippen molar-refractivity contribution in [3.05, 3.63) is 29.8 Å². The van der Waals surface area contributed by atoms with Gasteiger partial charge in [0.05, 0.1) is 17.8 Å². The van der Waals surface area contributed by atoms with Gasteiger partial charge >= 0.3 is 0 Å². The van der Waals surface area contributed by atoms with E-state index in [0.717, 1.165) is 6.20 Å². The molecule has 0 bridgehead atoms. The molecule has 0 aromatic carbocycles. The van der Waals surface area contributed by atoms with Gasteiger partial charge in [-0.2, -0.15) is 5.26 Å². The van der Waals surface area contributed by atoms with Crippen LogP contribution in [0.1, 0.15) is 24.2 Å².